The van der Waals surface area contributed by atoms with Gasteiger partial charge in [0, 0.05) is 18.1 Å². The SMILES string of the molecule is Cc1cnc(S(=O)(=O)C(C)CCl)c([N+](=O)[O-])c1. The fraction of sp³-hybridized carbons (Fsp3) is 0.444. The van der Waals surface area contributed by atoms with Gasteiger partial charge in [0.2, 0.25) is 14.9 Å². The lowest BCUT2D eigenvalue weighted by atomic mass is 10.3. The quantitative estimate of drug-likeness (QED) is 0.475. The van der Waals surface area contributed by atoms with Crippen LogP contribution in [0.15, 0.2) is 17.3 Å². The molecule has 0 bridgehead atoms. The Morgan fingerprint density at radius 3 is 2.65 bits per heavy atom. The molecule has 0 aliphatic rings. The van der Waals surface area contributed by atoms with E-state index in [0.29, 0.717) is 5.56 Å². The summed E-state index contributed by atoms with van der Waals surface area (Å²) in [4.78, 5) is 13.7. The van der Waals surface area contributed by atoms with Crippen LogP contribution in [-0.2, 0) is 9.84 Å². The second-order valence-electron chi connectivity index (χ2n) is 3.60. The first-order valence-corrected chi connectivity index (χ1v) is 6.79. The predicted octanol–water partition coefficient (Wildman–Crippen LogP) is 1.70. The fourth-order valence-corrected chi connectivity index (χ4v) is 2.83. The molecule has 0 saturated carbocycles. The molecule has 0 aliphatic carbocycles. The summed E-state index contributed by atoms with van der Waals surface area (Å²) in [5.74, 6) is -0.144. The zero-order chi connectivity index (χ0) is 13.2. The largest absolute Gasteiger partial charge is 0.306 e. The number of sulfone groups is 1. The van der Waals surface area contributed by atoms with E-state index in [2.05, 4.69) is 4.98 Å². The predicted molar refractivity (Wildman–Crippen MR) is 63.0 cm³/mol. The van der Waals surface area contributed by atoms with E-state index in [-0.39, 0.29) is 5.88 Å². The van der Waals surface area contributed by atoms with Crippen LogP contribution in [0.3, 0.4) is 0 Å². The number of nitrogens with zero attached hydrogens (tertiary/aromatic N) is 2. The lowest BCUT2D eigenvalue weighted by Gasteiger charge is -2.09. The second-order valence-corrected chi connectivity index (χ2v) is 6.19. The summed E-state index contributed by atoms with van der Waals surface area (Å²) < 4.78 is 23.9. The summed E-state index contributed by atoms with van der Waals surface area (Å²) in [7, 11) is -3.87. The van der Waals surface area contributed by atoms with Crippen LogP contribution >= 0.6 is 11.6 Å². The Hall–Kier alpha value is -1.21. The summed E-state index contributed by atoms with van der Waals surface area (Å²) in [6.07, 6.45) is 1.28. The number of aryl methyl sites for hydroxylation is 1. The van der Waals surface area contributed by atoms with Gasteiger partial charge in [-0.3, -0.25) is 10.1 Å². The minimum absolute atomic E-state index is 0.144. The molecule has 0 aliphatic heterocycles. The third kappa shape index (κ3) is 2.73. The lowest BCUT2D eigenvalue weighted by Crippen LogP contribution is -2.21. The summed E-state index contributed by atoms with van der Waals surface area (Å²) in [6, 6.07) is 1.18. The first-order valence-electron chi connectivity index (χ1n) is 4.71. The van der Waals surface area contributed by atoms with Crippen LogP contribution in [0.5, 0.6) is 0 Å². The molecular formula is C9H11ClN2O4S. The van der Waals surface area contributed by atoms with Crippen molar-refractivity contribution in [2.24, 2.45) is 0 Å². The number of nitro groups is 1. The average Bonchev–Trinajstić information content (AvgIpc) is 2.27. The molecule has 1 atom stereocenters. The Balaban J connectivity index is 3.47. The molecule has 0 saturated heterocycles. The molecule has 17 heavy (non-hydrogen) atoms. The number of pyridine rings is 1. The summed E-state index contributed by atoms with van der Waals surface area (Å²) in [5, 5.41) is 9.35. The molecular weight excluding hydrogens is 268 g/mol. The van der Waals surface area contributed by atoms with E-state index in [4.69, 9.17) is 11.6 Å². The molecule has 0 spiro atoms. The smallest absolute Gasteiger partial charge is 0.258 e. The molecule has 1 rings (SSSR count). The highest BCUT2D eigenvalue weighted by Gasteiger charge is 2.32. The van der Waals surface area contributed by atoms with Gasteiger partial charge in [0.25, 0.3) is 0 Å². The average molecular weight is 279 g/mol. The van der Waals surface area contributed by atoms with Gasteiger partial charge in [-0.05, 0) is 19.4 Å². The van der Waals surface area contributed by atoms with Crippen LogP contribution in [0, 0.1) is 17.0 Å². The first-order chi connectivity index (χ1) is 7.80. The Labute approximate surface area is 104 Å². The van der Waals surface area contributed by atoms with Crippen molar-refractivity contribution < 1.29 is 13.3 Å². The van der Waals surface area contributed by atoms with Crippen LogP contribution < -0.4 is 0 Å². The minimum Gasteiger partial charge on any atom is -0.258 e. The molecule has 0 fully saturated rings. The Kier molecular flexibility index (Phi) is 4.05. The van der Waals surface area contributed by atoms with E-state index in [1.165, 1.54) is 19.2 Å². The minimum atomic E-state index is -3.87. The maximum absolute atomic E-state index is 11.9. The molecule has 1 aromatic heterocycles. The van der Waals surface area contributed by atoms with Crippen molar-refractivity contribution in [3.8, 4) is 0 Å². The van der Waals surface area contributed by atoms with E-state index in [1.54, 1.807) is 6.92 Å². The third-order valence-electron chi connectivity index (χ3n) is 2.18. The van der Waals surface area contributed by atoms with Gasteiger partial charge in [0.15, 0.2) is 0 Å². The highest BCUT2D eigenvalue weighted by Crippen LogP contribution is 2.25. The van der Waals surface area contributed by atoms with Crippen molar-refractivity contribution in [2.75, 3.05) is 5.88 Å². The molecule has 6 nitrogen and oxygen atoms in total. The normalized spacial score (nSPS) is 13.4. The third-order valence-corrected chi connectivity index (χ3v) is 4.91. The van der Waals surface area contributed by atoms with Crippen molar-refractivity contribution in [1.82, 2.24) is 4.98 Å². The van der Waals surface area contributed by atoms with Crippen LogP contribution in [0.1, 0.15) is 12.5 Å². The van der Waals surface area contributed by atoms with Gasteiger partial charge in [0.05, 0.1) is 10.2 Å². The Bertz CT molecular complexity index is 544. The lowest BCUT2D eigenvalue weighted by molar-refractivity contribution is -0.388. The van der Waals surface area contributed by atoms with Gasteiger partial charge in [-0.25, -0.2) is 13.4 Å². The number of hydrogen-bond donors (Lipinski definition) is 0. The van der Waals surface area contributed by atoms with Crippen molar-refractivity contribution >= 4 is 27.1 Å². The first kappa shape index (κ1) is 13.9. The summed E-state index contributed by atoms with van der Waals surface area (Å²) in [6.45, 7) is 2.98. The fourth-order valence-electron chi connectivity index (χ4n) is 1.16. The summed E-state index contributed by atoms with van der Waals surface area (Å²) in [5.41, 5.74) is 0.0103. The molecule has 1 unspecified atom stereocenters. The van der Waals surface area contributed by atoms with E-state index in [1.807, 2.05) is 0 Å². The molecule has 1 heterocycles. The molecule has 0 amide bonds. The van der Waals surface area contributed by atoms with Crippen LogP contribution in [-0.4, -0.2) is 29.5 Å². The zero-order valence-electron chi connectivity index (χ0n) is 9.25. The number of rotatable bonds is 4. The van der Waals surface area contributed by atoms with Crippen molar-refractivity contribution in [1.29, 1.82) is 0 Å². The molecule has 8 heteroatoms. The Morgan fingerprint density at radius 2 is 2.18 bits per heavy atom. The van der Waals surface area contributed by atoms with Crippen LogP contribution in [0.4, 0.5) is 5.69 Å². The highest BCUT2D eigenvalue weighted by molar-refractivity contribution is 7.92. The van der Waals surface area contributed by atoms with Gasteiger partial charge >= 0.3 is 5.69 Å². The maximum atomic E-state index is 11.9. The van der Waals surface area contributed by atoms with Gasteiger partial charge in [-0.2, -0.15) is 0 Å². The van der Waals surface area contributed by atoms with Crippen molar-refractivity contribution in [3.63, 3.8) is 0 Å². The maximum Gasteiger partial charge on any atom is 0.306 e. The van der Waals surface area contributed by atoms with E-state index in [0.717, 1.165) is 0 Å². The second kappa shape index (κ2) is 4.97. The standard InChI is InChI=1S/C9H11ClN2O4S/c1-6-3-8(12(13)14)9(11-5-6)17(15,16)7(2)4-10/h3,5,7H,4H2,1-2H3. The summed E-state index contributed by atoms with van der Waals surface area (Å²) >= 11 is 5.47. The van der Waals surface area contributed by atoms with Crippen LogP contribution in [0.2, 0.25) is 0 Å². The van der Waals surface area contributed by atoms with Gasteiger partial charge in [0.1, 0.15) is 0 Å². The highest BCUT2D eigenvalue weighted by atomic mass is 35.5. The van der Waals surface area contributed by atoms with Crippen molar-refractivity contribution in [2.45, 2.75) is 24.1 Å². The van der Waals surface area contributed by atoms with Crippen LogP contribution in [0.25, 0.3) is 0 Å². The molecule has 0 aromatic carbocycles. The number of hydrogen-bond acceptors (Lipinski definition) is 5. The van der Waals surface area contributed by atoms with E-state index in [9.17, 15) is 18.5 Å². The van der Waals surface area contributed by atoms with Gasteiger partial charge in [-0.15, -0.1) is 11.6 Å². The van der Waals surface area contributed by atoms with E-state index >= 15 is 0 Å². The molecule has 0 N–H and O–H groups in total. The van der Waals surface area contributed by atoms with Crippen molar-refractivity contribution in [3.05, 3.63) is 27.9 Å². The topological polar surface area (TPSA) is 90.2 Å². The monoisotopic (exact) mass is 278 g/mol. The number of alkyl halides is 1. The zero-order valence-corrected chi connectivity index (χ0v) is 10.8. The Morgan fingerprint density at radius 1 is 1.59 bits per heavy atom. The number of halogens is 1. The molecule has 94 valence electrons. The molecule has 1 aromatic rings. The molecule has 0 radical (unpaired) electrons. The number of aromatic nitrogens is 1. The van der Waals surface area contributed by atoms with Gasteiger partial charge in [-0.1, -0.05) is 0 Å². The van der Waals surface area contributed by atoms with Gasteiger partial charge < -0.3 is 0 Å². The van der Waals surface area contributed by atoms with E-state index < -0.39 is 30.7 Å².